The number of aromatic nitrogens is 2. The van der Waals surface area contributed by atoms with E-state index in [1.54, 1.807) is 35.1 Å². The van der Waals surface area contributed by atoms with Gasteiger partial charge in [0.25, 0.3) is 5.56 Å². The van der Waals surface area contributed by atoms with Crippen LogP contribution >= 0.6 is 23.1 Å². The van der Waals surface area contributed by atoms with E-state index in [2.05, 4.69) is 16.4 Å². The number of carbonyl (C=O) groups excluding carboxylic acids is 1. The number of amides is 1. The number of nitriles is 1. The highest BCUT2D eigenvalue weighted by atomic mass is 32.2. The third kappa shape index (κ3) is 3.96. The minimum Gasteiger partial charge on any atom is -0.316 e. The highest BCUT2D eigenvalue weighted by Gasteiger charge is 2.22. The number of benzene rings is 1. The fourth-order valence-corrected chi connectivity index (χ4v) is 4.45. The molecule has 28 heavy (non-hydrogen) atoms. The number of thioether (sulfide) groups is 1. The van der Waals surface area contributed by atoms with Crippen molar-refractivity contribution < 1.29 is 4.79 Å². The van der Waals surface area contributed by atoms with Crippen molar-refractivity contribution in [3.8, 4) is 6.07 Å². The maximum Gasteiger partial charge on any atom is 0.262 e. The van der Waals surface area contributed by atoms with Crippen molar-refractivity contribution in [3.63, 3.8) is 0 Å². The lowest BCUT2D eigenvalue weighted by atomic mass is 10.2. The molecule has 1 aromatic carbocycles. The number of fused-ring (bicyclic) bond motifs is 1. The molecule has 0 aliphatic rings. The largest absolute Gasteiger partial charge is 0.316 e. The Kier molecular flexibility index (Phi) is 6.17. The predicted octanol–water partition coefficient (Wildman–Crippen LogP) is 4.42. The summed E-state index contributed by atoms with van der Waals surface area (Å²) in [6.45, 7) is 5.75. The molecule has 0 unspecified atom stereocenters. The first kappa shape index (κ1) is 20.1. The minimum atomic E-state index is -0.489. The maximum atomic E-state index is 13.0. The summed E-state index contributed by atoms with van der Waals surface area (Å²) in [5.41, 5.74) is 0.961. The second-order valence-electron chi connectivity index (χ2n) is 6.37. The molecule has 0 aliphatic carbocycles. The first-order valence-electron chi connectivity index (χ1n) is 8.92. The van der Waals surface area contributed by atoms with Gasteiger partial charge in [0, 0.05) is 6.04 Å². The first-order chi connectivity index (χ1) is 13.5. The van der Waals surface area contributed by atoms with Crippen molar-refractivity contribution in [2.45, 2.75) is 43.6 Å². The van der Waals surface area contributed by atoms with Crippen LogP contribution in [-0.2, 0) is 4.79 Å². The van der Waals surface area contributed by atoms with Crippen LogP contribution in [0.4, 0.5) is 5.00 Å². The molecule has 1 N–H and O–H groups in total. The number of para-hydroxylation sites is 1. The lowest BCUT2D eigenvalue weighted by Gasteiger charge is -2.20. The molecule has 2 heterocycles. The topological polar surface area (TPSA) is 87.8 Å². The van der Waals surface area contributed by atoms with Crippen molar-refractivity contribution in [3.05, 3.63) is 51.6 Å². The van der Waals surface area contributed by atoms with Gasteiger partial charge >= 0.3 is 0 Å². The molecule has 144 valence electrons. The van der Waals surface area contributed by atoms with Crippen LogP contribution in [-0.4, -0.2) is 20.7 Å². The third-order valence-electron chi connectivity index (χ3n) is 4.48. The van der Waals surface area contributed by atoms with Crippen LogP contribution in [0.3, 0.4) is 0 Å². The zero-order valence-electron chi connectivity index (χ0n) is 15.8. The van der Waals surface area contributed by atoms with E-state index in [0.717, 1.165) is 6.42 Å². The Hall–Kier alpha value is -2.63. The third-order valence-corrected chi connectivity index (χ3v) is 6.38. The van der Waals surface area contributed by atoms with Crippen molar-refractivity contribution in [2.75, 3.05) is 5.32 Å². The van der Waals surface area contributed by atoms with E-state index < -0.39 is 5.25 Å². The van der Waals surface area contributed by atoms with Gasteiger partial charge in [0.1, 0.15) is 11.1 Å². The van der Waals surface area contributed by atoms with Crippen LogP contribution < -0.4 is 10.9 Å². The second-order valence-corrected chi connectivity index (χ2v) is 8.59. The molecule has 0 fully saturated rings. The summed E-state index contributed by atoms with van der Waals surface area (Å²) in [7, 11) is 0. The lowest BCUT2D eigenvalue weighted by Crippen LogP contribution is -2.28. The van der Waals surface area contributed by atoms with Gasteiger partial charge in [0.05, 0.1) is 21.7 Å². The van der Waals surface area contributed by atoms with Crippen LogP contribution in [0.2, 0.25) is 0 Å². The van der Waals surface area contributed by atoms with Crippen molar-refractivity contribution in [1.82, 2.24) is 9.55 Å². The summed E-state index contributed by atoms with van der Waals surface area (Å²) < 4.78 is 1.67. The number of thiophene rings is 1. The monoisotopic (exact) mass is 412 g/mol. The van der Waals surface area contributed by atoms with Crippen LogP contribution in [0.1, 0.15) is 38.8 Å². The van der Waals surface area contributed by atoms with Gasteiger partial charge in [-0.25, -0.2) is 4.98 Å². The molecule has 8 heteroatoms. The zero-order chi connectivity index (χ0) is 20.3. The molecule has 2 atom stereocenters. The van der Waals surface area contributed by atoms with Gasteiger partial charge in [-0.2, -0.15) is 5.26 Å². The molecular formula is C20H20N4O2S2. The van der Waals surface area contributed by atoms with E-state index in [1.165, 1.54) is 23.1 Å². The van der Waals surface area contributed by atoms with Gasteiger partial charge in [-0.1, -0.05) is 30.8 Å². The number of anilines is 1. The molecule has 3 rings (SSSR count). The Labute approximate surface area is 171 Å². The summed E-state index contributed by atoms with van der Waals surface area (Å²) in [5.74, 6) is -0.234. The Morgan fingerprint density at radius 2 is 2.11 bits per heavy atom. The Bertz CT molecular complexity index is 1110. The fourth-order valence-electron chi connectivity index (χ4n) is 2.70. The van der Waals surface area contributed by atoms with E-state index in [9.17, 15) is 9.59 Å². The van der Waals surface area contributed by atoms with Crippen molar-refractivity contribution >= 4 is 44.9 Å². The van der Waals surface area contributed by atoms with Gasteiger partial charge in [0.2, 0.25) is 5.91 Å². The number of nitrogens with zero attached hydrogens (tertiary/aromatic N) is 3. The number of rotatable bonds is 6. The number of carbonyl (C=O) groups is 1. The first-order valence-corrected chi connectivity index (χ1v) is 10.7. The van der Waals surface area contributed by atoms with Gasteiger partial charge in [-0.3, -0.25) is 14.2 Å². The van der Waals surface area contributed by atoms with E-state index in [1.807, 2.05) is 26.0 Å². The average molecular weight is 413 g/mol. The highest BCUT2D eigenvalue weighted by molar-refractivity contribution is 8.00. The molecule has 0 saturated carbocycles. The molecule has 0 radical (unpaired) electrons. The normalized spacial score (nSPS) is 13.1. The van der Waals surface area contributed by atoms with Crippen LogP contribution in [0.15, 0.2) is 45.7 Å². The summed E-state index contributed by atoms with van der Waals surface area (Å²) in [6.07, 6.45) is 0.773. The smallest absolute Gasteiger partial charge is 0.262 e. The van der Waals surface area contributed by atoms with Gasteiger partial charge in [0.15, 0.2) is 5.16 Å². The molecule has 1 amide bonds. The Morgan fingerprint density at radius 3 is 2.82 bits per heavy atom. The van der Waals surface area contributed by atoms with Gasteiger partial charge in [-0.05, 0) is 43.8 Å². The zero-order valence-corrected chi connectivity index (χ0v) is 17.4. The molecule has 0 aliphatic heterocycles. The highest BCUT2D eigenvalue weighted by Crippen LogP contribution is 2.28. The predicted molar refractivity (Wildman–Crippen MR) is 114 cm³/mol. The summed E-state index contributed by atoms with van der Waals surface area (Å²) in [4.78, 5) is 30.3. The summed E-state index contributed by atoms with van der Waals surface area (Å²) >= 11 is 2.56. The van der Waals surface area contributed by atoms with Crippen LogP contribution in [0.25, 0.3) is 10.9 Å². The second kappa shape index (κ2) is 8.59. The summed E-state index contributed by atoms with van der Waals surface area (Å²) in [6, 6.07) is 10.9. The van der Waals surface area contributed by atoms with E-state index in [0.29, 0.717) is 26.6 Å². The van der Waals surface area contributed by atoms with Gasteiger partial charge in [-0.15, -0.1) is 11.3 Å². The van der Waals surface area contributed by atoms with Crippen LogP contribution in [0, 0.1) is 11.3 Å². The molecule has 0 bridgehead atoms. The minimum absolute atomic E-state index is 0.0372. The molecule has 6 nitrogen and oxygen atoms in total. The van der Waals surface area contributed by atoms with Crippen LogP contribution in [0.5, 0.6) is 0 Å². The van der Waals surface area contributed by atoms with Crippen molar-refractivity contribution in [2.24, 2.45) is 0 Å². The quantitative estimate of drug-likeness (QED) is 0.478. The fraction of sp³-hybridized carbons (Fsp3) is 0.300. The van der Waals surface area contributed by atoms with E-state index >= 15 is 0 Å². The molecule has 2 aromatic heterocycles. The molecule has 0 spiro atoms. The maximum absolute atomic E-state index is 13.0. The van der Waals surface area contributed by atoms with Gasteiger partial charge < -0.3 is 5.32 Å². The molecule has 3 aromatic rings. The lowest BCUT2D eigenvalue weighted by molar-refractivity contribution is -0.115. The van der Waals surface area contributed by atoms with E-state index in [-0.39, 0.29) is 17.5 Å². The number of nitrogens with one attached hydrogen (secondary N) is 1. The van der Waals surface area contributed by atoms with Crippen molar-refractivity contribution in [1.29, 1.82) is 5.26 Å². The standard InChI is InChI=1S/C20H20N4O2S2/c1-4-12(2)24-19(26)15-7-5-6-8-16(15)22-20(24)28-13(3)17(25)23-18-14(11-21)9-10-27-18/h5-10,12-13H,4H2,1-3H3,(H,23,25)/t12-,13-/m0/s1. The number of hydrogen-bond acceptors (Lipinski definition) is 6. The number of hydrogen-bond donors (Lipinski definition) is 1. The summed E-state index contributed by atoms with van der Waals surface area (Å²) in [5, 5.41) is 14.8. The Morgan fingerprint density at radius 1 is 1.36 bits per heavy atom. The molecular weight excluding hydrogens is 392 g/mol. The van der Waals surface area contributed by atoms with E-state index in [4.69, 9.17) is 5.26 Å². The molecule has 0 saturated heterocycles. The SMILES string of the molecule is CC[C@H](C)n1c(S[C@@H](C)C(=O)Nc2sccc2C#N)nc2ccccc2c1=O. The average Bonchev–Trinajstić information content (AvgIpc) is 3.14. The Balaban J connectivity index is 1.93.